The maximum absolute atomic E-state index is 11.3. The highest BCUT2D eigenvalue weighted by Gasteiger charge is 2.07. The standard InChI is InChI=1S/C15H23NO3/c1-12(2)16-8-9-19-11-14-7-5-4-6-13(14)10-15(17)18-3/h4-7,12,16H,8-11H2,1-3H3. The van der Waals surface area contributed by atoms with Crippen molar-refractivity contribution in [3.8, 4) is 0 Å². The van der Waals surface area contributed by atoms with Crippen molar-refractivity contribution >= 4 is 5.97 Å². The summed E-state index contributed by atoms with van der Waals surface area (Å²) in [5, 5.41) is 3.29. The third-order valence-electron chi connectivity index (χ3n) is 2.74. The fourth-order valence-corrected chi connectivity index (χ4v) is 1.70. The molecule has 1 rings (SSSR count). The molecule has 0 fully saturated rings. The van der Waals surface area contributed by atoms with E-state index in [0.717, 1.165) is 17.7 Å². The predicted octanol–water partition coefficient (Wildman–Crippen LogP) is 1.92. The van der Waals surface area contributed by atoms with E-state index in [1.807, 2.05) is 24.3 Å². The molecule has 0 unspecified atom stereocenters. The summed E-state index contributed by atoms with van der Waals surface area (Å²) < 4.78 is 10.3. The summed E-state index contributed by atoms with van der Waals surface area (Å²) in [5.74, 6) is -0.228. The predicted molar refractivity (Wildman–Crippen MR) is 75.0 cm³/mol. The van der Waals surface area contributed by atoms with Crippen LogP contribution in [0.1, 0.15) is 25.0 Å². The number of ether oxygens (including phenoxy) is 2. The van der Waals surface area contributed by atoms with Gasteiger partial charge >= 0.3 is 5.97 Å². The molecule has 0 radical (unpaired) electrons. The van der Waals surface area contributed by atoms with E-state index in [-0.39, 0.29) is 5.97 Å². The van der Waals surface area contributed by atoms with Gasteiger partial charge in [-0.25, -0.2) is 0 Å². The van der Waals surface area contributed by atoms with Gasteiger partial charge in [0.15, 0.2) is 0 Å². The van der Waals surface area contributed by atoms with Crippen molar-refractivity contribution in [1.82, 2.24) is 5.32 Å². The van der Waals surface area contributed by atoms with E-state index in [2.05, 4.69) is 23.9 Å². The summed E-state index contributed by atoms with van der Waals surface area (Å²) in [7, 11) is 1.40. The van der Waals surface area contributed by atoms with Gasteiger partial charge in [-0.2, -0.15) is 0 Å². The van der Waals surface area contributed by atoms with Crippen molar-refractivity contribution < 1.29 is 14.3 Å². The Kier molecular flexibility index (Phi) is 7.15. The van der Waals surface area contributed by atoms with Crippen LogP contribution in [-0.2, 0) is 27.3 Å². The molecule has 0 bridgehead atoms. The van der Waals surface area contributed by atoms with Gasteiger partial charge in [0, 0.05) is 12.6 Å². The molecule has 1 aromatic rings. The van der Waals surface area contributed by atoms with E-state index < -0.39 is 0 Å². The van der Waals surface area contributed by atoms with Crippen LogP contribution in [0.4, 0.5) is 0 Å². The summed E-state index contributed by atoms with van der Waals surface area (Å²) in [6.07, 6.45) is 0.292. The van der Waals surface area contributed by atoms with Gasteiger partial charge in [-0.1, -0.05) is 38.1 Å². The molecule has 0 aliphatic heterocycles. The van der Waals surface area contributed by atoms with Crippen LogP contribution in [0.3, 0.4) is 0 Å². The molecule has 0 spiro atoms. The van der Waals surface area contributed by atoms with Crippen molar-refractivity contribution in [3.05, 3.63) is 35.4 Å². The van der Waals surface area contributed by atoms with Crippen LogP contribution in [0, 0.1) is 0 Å². The molecule has 1 N–H and O–H groups in total. The van der Waals surface area contributed by atoms with Gasteiger partial charge in [0.2, 0.25) is 0 Å². The Hall–Kier alpha value is -1.39. The maximum Gasteiger partial charge on any atom is 0.309 e. The quantitative estimate of drug-likeness (QED) is 0.576. The minimum absolute atomic E-state index is 0.228. The third-order valence-corrected chi connectivity index (χ3v) is 2.74. The van der Waals surface area contributed by atoms with Gasteiger partial charge in [0.1, 0.15) is 0 Å². The molecular weight excluding hydrogens is 242 g/mol. The summed E-state index contributed by atoms with van der Waals surface area (Å²) >= 11 is 0. The van der Waals surface area contributed by atoms with E-state index in [0.29, 0.717) is 25.7 Å². The number of rotatable bonds is 8. The zero-order chi connectivity index (χ0) is 14.1. The Morgan fingerprint density at radius 1 is 1.26 bits per heavy atom. The molecule has 0 heterocycles. The van der Waals surface area contributed by atoms with Crippen LogP contribution in [0.5, 0.6) is 0 Å². The van der Waals surface area contributed by atoms with E-state index in [9.17, 15) is 4.79 Å². The van der Waals surface area contributed by atoms with E-state index in [1.54, 1.807) is 0 Å². The zero-order valence-corrected chi connectivity index (χ0v) is 11.9. The van der Waals surface area contributed by atoms with Gasteiger partial charge in [-0.05, 0) is 11.1 Å². The topological polar surface area (TPSA) is 47.6 Å². The lowest BCUT2D eigenvalue weighted by molar-refractivity contribution is -0.139. The molecular formula is C15H23NO3. The van der Waals surface area contributed by atoms with Crippen LogP contribution in [0.15, 0.2) is 24.3 Å². The molecule has 0 aliphatic carbocycles. The second kappa shape index (κ2) is 8.67. The van der Waals surface area contributed by atoms with E-state index >= 15 is 0 Å². The Morgan fingerprint density at radius 3 is 2.58 bits per heavy atom. The van der Waals surface area contributed by atoms with Crippen LogP contribution in [0.2, 0.25) is 0 Å². The van der Waals surface area contributed by atoms with Crippen LogP contribution in [0.25, 0.3) is 0 Å². The van der Waals surface area contributed by atoms with E-state index in [4.69, 9.17) is 4.74 Å². The second-order valence-electron chi connectivity index (χ2n) is 4.68. The number of carbonyl (C=O) groups excluding carboxylic acids is 1. The Labute approximate surface area is 115 Å². The Morgan fingerprint density at radius 2 is 1.95 bits per heavy atom. The summed E-state index contributed by atoms with van der Waals surface area (Å²) in [5.41, 5.74) is 2.00. The normalized spacial score (nSPS) is 10.7. The molecule has 0 saturated heterocycles. The summed E-state index contributed by atoms with van der Waals surface area (Å²) in [6.45, 7) is 6.21. The van der Waals surface area contributed by atoms with Gasteiger partial charge in [0.05, 0.1) is 26.7 Å². The van der Waals surface area contributed by atoms with E-state index in [1.165, 1.54) is 7.11 Å². The highest BCUT2D eigenvalue weighted by atomic mass is 16.5. The highest BCUT2D eigenvalue weighted by Crippen LogP contribution is 2.11. The number of benzene rings is 1. The zero-order valence-electron chi connectivity index (χ0n) is 11.9. The van der Waals surface area contributed by atoms with Crippen LogP contribution >= 0.6 is 0 Å². The average molecular weight is 265 g/mol. The first kappa shape index (κ1) is 15.7. The number of hydrogen-bond acceptors (Lipinski definition) is 4. The largest absolute Gasteiger partial charge is 0.469 e. The molecule has 0 aromatic heterocycles. The summed E-state index contributed by atoms with van der Waals surface area (Å²) in [6, 6.07) is 8.25. The fraction of sp³-hybridized carbons (Fsp3) is 0.533. The molecule has 0 amide bonds. The number of esters is 1. The monoisotopic (exact) mass is 265 g/mol. The number of methoxy groups -OCH3 is 1. The molecule has 0 aliphatic rings. The van der Waals surface area contributed by atoms with Gasteiger partial charge in [-0.15, -0.1) is 0 Å². The van der Waals surface area contributed by atoms with Gasteiger partial charge in [-0.3, -0.25) is 4.79 Å². The van der Waals surface area contributed by atoms with Gasteiger partial charge in [0.25, 0.3) is 0 Å². The minimum atomic E-state index is -0.228. The fourth-order valence-electron chi connectivity index (χ4n) is 1.70. The van der Waals surface area contributed by atoms with Gasteiger partial charge < -0.3 is 14.8 Å². The van der Waals surface area contributed by atoms with Crippen LogP contribution < -0.4 is 5.32 Å². The average Bonchev–Trinajstić information content (AvgIpc) is 2.39. The first-order chi connectivity index (χ1) is 9.13. The maximum atomic E-state index is 11.3. The lowest BCUT2D eigenvalue weighted by Gasteiger charge is -2.11. The van der Waals surface area contributed by atoms with Crippen molar-refractivity contribution in [3.63, 3.8) is 0 Å². The van der Waals surface area contributed by atoms with Crippen molar-refractivity contribution in [2.75, 3.05) is 20.3 Å². The molecule has 19 heavy (non-hydrogen) atoms. The van der Waals surface area contributed by atoms with Crippen molar-refractivity contribution in [1.29, 1.82) is 0 Å². The molecule has 1 aromatic carbocycles. The second-order valence-corrected chi connectivity index (χ2v) is 4.68. The third kappa shape index (κ3) is 6.36. The Bertz CT molecular complexity index is 391. The summed E-state index contributed by atoms with van der Waals surface area (Å²) in [4.78, 5) is 11.3. The van der Waals surface area contributed by atoms with Crippen molar-refractivity contribution in [2.45, 2.75) is 32.9 Å². The smallest absolute Gasteiger partial charge is 0.309 e. The first-order valence-corrected chi connectivity index (χ1v) is 6.58. The minimum Gasteiger partial charge on any atom is -0.469 e. The highest BCUT2D eigenvalue weighted by molar-refractivity contribution is 5.72. The lowest BCUT2D eigenvalue weighted by atomic mass is 10.1. The molecule has 4 heteroatoms. The molecule has 0 saturated carbocycles. The molecule has 4 nitrogen and oxygen atoms in total. The van der Waals surface area contributed by atoms with Crippen LogP contribution in [-0.4, -0.2) is 32.3 Å². The molecule has 0 atom stereocenters. The number of hydrogen-bond donors (Lipinski definition) is 1. The van der Waals surface area contributed by atoms with Crippen molar-refractivity contribution in [2.24, 2.45) is 0 Å². The molecule has 106 valence electrons. The first-order valence-electron chi connectivity index (χ1n) is 6.58. The Balaban J connectivity index is 2.42. The lowest BCUT2D eigenvalue weighted by Crippen LogP contribution is -2.26. The number of nitrogens with one attached hydrogen (secondary N) is 1. The number of carbonyl (C=O) groups is 1. The SMILES string of the molecule is COC(=O)Cc1ccccc1COCCNC(C)C.